The lowest BCUT2D eigenvalue weighted by molar-refractivity contribution is -0.130. The zero-order valence-corrected chi connectivity index (χ0v) is 13.5. The molecule has 0 saturated heterocycles. The Morgan fingerprint density at radius 3 is 2.29 bits per heavy atom. The number of carbonyl (C=O) groups is 1. The first kappa shape index (κ1) is 14.9. The zero-order valence-electron chi connectivity index (χ0n) is 13.5. The SMILES string of the molecule is O=C(CNCc1ccc2ccccc2c1)N1Cc2ccccc2C1. The fourth-order valence-corrected chi connectivity index (χ4v) is 3.28. The third-order valence-corrected chi connectivity index (χ3v) is 4.61. The van der Waals surface area contributed by atoms with Gasteiger partial charge in [-0.15, -0.1) is 0 Å². The van der Waals surface area contributed by atoms with Crippen LogP contribution in [0, 0.1) is 0 Å². The van der Waals surface area contributed by atoms with Crippen molar-refractivity contribution in [1.29, 1.82) is 0 Å². The maximum absolute atomic E-state index is 12.4. The topological polar surface area (TPSA) is 32.3 Å². The Morgan fingerprint density at radius 1 is 0.875 bits per heavy atom. The van der Waals surface area contributed by atoms with Crippen LogP contribution in [0.1, 0.15) is 16.7 Å². The molecule has 0 unspecified atom stereocenters. The molecule has 0 fully saturated rings. The molecule has 0 saturated carbocycles. The molecular weight excluding hydrogens is 296 g/mol. The first-order valence-electron chi connectivity index (χ1n) is 8.32. The van der Waals surface area contributed by atoms with E-state index in [1.54, 1.807) is 0 Å². The van der Waals surface area contributed by atoms with Crippen LogP contribution in [-0.4, -0.2) is 17.4 Å². The van der Waals surface area contributed by atoms with Gasteiger partial charge >= 0.3 is 0 Å². The van der Waals surface area contributed by atoms with Gasteiger partial charge in [-0.2, -0.15) is 0 Å². The van der Waals surface area contributed by atoms with Crippen molar-refractivity contribution >= 4 is 16.7 Å². The minimum atomic E-state index is 0.159. The van der Waals surface area contributed by atoms with Crippen LogP contribution in [0.15, 0.2) is 66.7 Å². The van der Waals surface area contributed by atoms with Gasteiger partial charge in [-0.25, -0.2) is 0 Å². The Bertz CT molecular complexity index is 863. The summed E-state index contributed by atoms with van der Waals surface area (Å²) in [4.78, 5) is 14.3. The van der Waals surface area contributed by atoms with Gasteiger partial charge in [-0.1, -0.05) is 60.7 Å². The summed E-state index contributed by atoms with van der Waals surface area (Å²) in [7, 11) is 0. The number of fused-ring (bicyclic) bond motifs is 2. The standard InChI is InChI=1S/C21H20N2O/c24-21(23-14-19-7-3-4-8-20(19)15-23)13-22-12-16-9-10-17-5-1-2-6-18(17)11-16/h1-11,22H,12-15H2. The van der Waals surface area contributed by atoms with E-state index in [1.165, 1.54) is 27.5 Å². The van der Waals surface area contributed by atoms with E-state index < -0.39 is 0 Å². The lowest BCUT2D eigenvalue weighted by Crippen LogP contribution is -2.34. The second kappa shape index (κ2) is 6.46. The van der Waals surface area contributed by atoms with Crippen LogP contribution in [0.4, 0.5) is 0 Å². The highest BCUT2D eigenvalue weighted by Gasteiger charge is 2.22. The first-order valence-corrected chi connectivity index (χ1v) is 8.32. The molecule has 1 amide bonds. The predicted molar refractivity (Wildman–Crippen MR) is 96.4 cm³/mol. The molecule has 0 radical (unpaired) electrons. The fourth-order valence-electron chi connectivity index (χ4n) is 3.28. The quantitative estimate of drug-likeness (QED) is 0.799. The highest BCUT2D eigenvalue weighted by atomic mass is 16.2. The van der Waals surface area contributed by atoms with Crippen molar-refractivity contribution in [3.8, 4) is 0 Å². The molecule has 0 bridgehead atoms. The predicted octanol–water partition coefficient (Wildman–Crippen LogP) is 3.47. The Labute approximate surface area is 141 Å². The molecule has 0 atom stereocenters. The van der Waals surface area contributed by atoms with Gasteiger partial charge in [0.05, 0.1) is 6.54 Å². The Kier molecular flexibility index (Phi) is 4.01. The summed E-state index contributed by atoms with van der Waals surface area (Å²) in [5, 5.41) is 5.76. The normalized spacial score (nSPS) is 13.2. The van der Waals surface area contributed by atoms with Gasteiger partial charge in [-0.05, 0) is 33.5 Å². The number of amides is 1. The van der Waals surface area contributed by atoms with Crippen LogP contribution < -0.4 is 5.32 Å². The van der Waals surface area contributed by atoms with Gasteiger partial charge in [0, 0.05) is 19.6 Å². The van der Waals surface area contributed by atoms with Crippen LogP contribution in [0.5, 0.6) is 0 Å². The zero-order chi connectivity index (χ0) is 16.4. The largest absolute Gasteiger partial charge is 0.333 e. The van der Waals surface area contributed by atoms with Gasteiger partial charge in [0.2, 0.25) is 5.91 Å². The van der Waals surface area contributed by atoms with Crippen molar-refractivity contribution in [3.63, 3.8) is 0 Å². The molecular formula is C21H20N2O. The third-order valence-electron chi connectivity index (χ3n) is 4.61. The molecule has 3 nitrogen and oxygen atoms in total. The van der Waals surface area contributed by atoms with E-state index in [1.807, 2.05) is 29.2 Å². The maximum Gasteiger partial charge on any atom is 0.237 e. The summed E-state index contributed by atoms with van der Waals surface area (Å²) in [6.45, 7) is 2.54. The van der Waals surface area contributed by atoms with Gasteiger partial charge in [0.15, 0.2) is 0 Å². The molecule has 3 aromatic carbocycles. The number of carbonyl (C=O) groups excluding carboxylic acids is 1. The summed E-state index contributed by atoms with van der Waals surface area (Å²) >= 11 is 0. The lowest BCUT2D eigenvalue weighted by atomic mass is 10.1. The molecule has 0 spiro atoms. The minimum absolute atomic E-state index is 0.159. The lowest BCUT2D eigenvalue weighted by Gasteiger charge is -2.16. The maximum atomic E-state index is 12.4. The summed E-state index contributed by atoms with van der Waals surface area (Å²) in [6, 6.07) is 23.0. The van der Waals surface area contributed by atoms with Crippen LogP contribution in [-0.2, 0) is 24.4 Å². The van der Waals surface area contributed by atoms with Crippen molar-refractivity contribution in [1.82, 2.24) is 10.2 Å². The van der Waals surface area contributed by atoms with Crippen LogP contribution in [0.25, 0.3) is 10.8 Å². The van der Waals surface area contributed by atoms with Gasteiger partial charge < -0.3 is 10.2 Å². The highest BCUT2D eigenvalue weighted by molar-refractivity contribution is 5.83. The smallest absolute Gasteiger partial charge is 0.237 e. The first-order chi connectivity index (χ1) is 11.8. The van der Waals surface area contributed by atoms with Crippen LogP contribution >= 0.6 is 0 Å². The molecule has 3 heteroatoms. The van der Waals surface area contributed by atoms with Crippen molar-refractivity contribution in [2.75, 3.05) is 6.54 Å². The molecule has 3 aromatic rings. The molecule has 1 heterocycles. The van der Waals surface area contributed by atoms with E-state index in [-0.39, 0.29) is 5.91 Å². The number of hydrogen-bond donors (Lipinski definition) is 1. The molecule has 4 rings (SSSR count). The van der Waals surface area contributed by atoms with Crippen molar-refractivity contribution < 1.29 is 4.79 Å². The number of nitrogens with one attached hydrogen (secondary N) is 1. The molecule has 120 valence electrons. The van der Waals surface area contributed by atoms with Crippen LogP contribution in [0.2, 0.25) is 0 Å². The molecule has 1 aliphatic rings. The van der Waals surface area contributed by atoms with E-state index in [4.69, 9.17) is 0 Å². The molecule has 24 heavy (non-hydrogen) atoms. The van der Waals surface area contributed by atoms with Gasteiger partial charge in [-0.3, -0.25) is 4.79 Å². The second-order valence-electron chi connectivity index (χ2n) is 6.30. The van der Waals surface area contributed by atoms with E-state index in [0.717, 1.165) is 13.1 Å². The highest BCUT2D eigenvalue weighted by Crippen LogP contribution is 2.22. The van der Waals surface area contributed by atoms with Gasteiger partial charge in [0.1, 0.15) is 0 Å². The number of rotatable bonds is 4. The summed E-state index contributed by atoms with van der Waals surface area (Å²) in [5.74, 6) is 0.159. The average molecular weight is 316 g/mol. The van der Waals surface area contributed by atoms with E-state index in [2.05, 4.69) is 47.8 Å². The monoisotopic (exact) mass is 316 g/mol. The van der Waals surface area contributed by atoms with Crippen molar-refractivity contribution in [2.45, 2.75) is 19.6 Å². The minimum Gasteiger partial charge on any atom is -0.333 e. The van der Waals surface area contributed by atoms with E-state index >= 15 is 0 Å². The molecule has 0 aromatic heterocycles. The van der Waals surface area contributed by atoms with Crippen molar-refractivity contribution in [3.05, 3.63) is 83.4 Å². The fraction of sp³-hybridized carbons (Fsp3) is 0.190. The van der Waals surface area contributed by atoms with Crippen molar-refractivity contribution in [2.24, 2.45) is 0 Å². The van der Waals surface area contributed by atoms with Crippen LogP contribution in [0.3, 0.4) is 0 Å². The Balaban J connectivity index is 1.33. The Hall–Kier alpha value is -2.65. The second-order valence-corrected chi connectivity index (χ2v) is 6.30. The molecule has 0 aliphatic carbocycles. The van der Waals surface area contributed by atoms with E-state index in [0.29, 0.717) is 13.1 Å². The van der Waals surface area contributed by atoms with Gasteiger partial charge in [0.25, 0.3) is 0 Å². The summed E-state index contributed by atoms with van der Waals surface area (Å²) in [5.41, 5.74) is 3.73. The third kappa shape index (κ3) is 3.03. The Morgan fingerprint density at radius 2 is 1.54 bits per heavy atom. The number of nitrogens with zero attached hydrogens (tertiary/aromatic N) is 1. The molecule has 1 N–H and O–H groups in total. The average Bonchev–Trinajstić information content (AvgIpc) is 3.06. The summed E-state index contributed by atoms with van der Waals surface area (Å²) in [6.07, 6.45) is 0. The summed E-state index contributed by atoms with van der Waals surface area (Å²) < 4.78 is 0. The number of hydrogen-bond acceptors (Lipinski definition) is 2. The molecule has 1 aliphatic heterocycles. The number of benzene rings is 3. The van der Waals surface area contributed by atoms with E-state index in [9.17, 15) is 4.79 Å².